The first-order valence-electron chi connectivity index (χ1n) is 10.2. The van der Waals surface area contributed by atoms with E-state index in [0.29, 0.717) is 12.1 Å². The zero-order chi connectivity index (χ0) is 18.5. The maximum atomic E-state index is 9.69. The molecule has 4 saturated heterocycles. The summed E-state index contributed by atoms with van der Waals surface area (Å²) in [4.78, 5) is 9.49. The van der Waals surface area contributed by atoms with Crippen molar-refractivity contribution in [3.05, 3.63) is 0 Å². The summed E-state index contributed by atoms with van der Waals surface area (Å²) in [7, 11) is 4.31. The minimum Gasteiger partial charge on any atom is -0.390 e. The van der Waals surface area contributed by atoms with Gasteiger partial charge in [-0.1, -0.05) is 0 Å². The maximum Gasteiger partial charge on any atom is 0.0831 e. The van der Waals surface area contributed by atoms with Crippen molar-refractivity contribution in [3.8, 4) is 0 Å². The molecule has 0 spiro atoms. The van der Waals surface area contributed by atoms with E-state index in [0.717, 1.165) is 78.5 Å². The first-order chi connectivity index (χ1) is 12.5. The van der Waals surface area contributed by atoms with E-state index in [9.17, 15) is 10.2 Å². The smallest absolute Gasteiger partial charge is 0.0831 e. The molecule has 32 heavy (non-hydrogen) atoms. The highest BCUT2D eigenvalue weighted by Gasteiger charge is 2.32. The predicted octanol–water partition coefficient (Wildman–Crippen LogP) is -0.336. The van der Waals surface area contributed by atoms with Gasteiger partial charge in [-0.15, -0.1) is 74.4 Å². The van der Waals surface area contributed by atoms with Crippen LogP contribution in [0.4, 0.5) is 0 Å². The topological polar surface area (TPSA) is 77.5 Å². The molecule has 4 atom stereocenters. The molecule has 0 radical (unpaired) electrons. The van der Waals surface area contributed by atoms with Crippen molar-refractivity contribution in [2.24, 2.45) is 0 Å². The third-order valence-corrected chi connectivity index (χ3v) is 6.32. The fraction of sp³-hybridized carbons (Fsp3) is 1.00. The maximum absolute atomic E-state index is 9.69. The average Bonchev–Trinajstić information content (AvgIpc) is 3.25. The van der Waals surface area contributed by atoms with Gasteiger partial charge in [-0.3, -0.25) is 9.80 Å². The van der Waals surface area contributed by atoms with E-state index in [1.165, 1.54) is 0 Å². The Bertz CT molecular complexity index is 397. The van der Waals surface area contributed by atoms with E-state index >= 15 is 0 Å². The number of hydrogen-bond acceptors (Lipinski definition) is 8. The minimum atomic E-state index is -0.164. The molecule has 14 heteroatoms. The second-order valence-corrected chi connectivity index (χ2v) is 8.26. The van der Waals surface area contributed by atoms with Crippen LogP contribution in [0.1, 0.15) is 0 Å². The Hall–Kier alpha value is 1.42. The quantitative estimate of drug-likeness (QED) is 0.349. The molecule has 0 saturated carbocycles. The number of aliphatic hydroxyl groups is 2. The molecule has 0 aromatic rings. The zero-order valence-electron chi connectivity index (χ0n) is 18.9. The van der Waals surface area contributed by atoms with Gasteiger partial charge in [-0.25, -0.2) is 0 Å². The Morgan fingerprint density at radius 1 is 0.500 bits per heavy atom. The van der Waals surface area contributed by atoms with Crippen molar-refractivity contribution in [3.63, 3.8) is 0 Å². The summed E-state index contributed by atoms with van der Waals surface area (Å²) in [5.41, 5.74) is 0. The molecule has 4 aliphatic heterocycles. The van der Waals surface area contributed by atoms with Gasteiger partial charge in [0.2, 0.25) is 0 Å². The van der Waals surface area contributed by atoms with Gasteiger partial charge in [0.1, 0.15) is 0 Å². The summed E-state index contributed by atoms with van der Waals surface area (Å²) >= 11 is 0. The van der Waals surface area contributed by atoms with Crippen LogP contribution < -0.4 is 10.6 Å². The van der Waals surface area contributed by atoms with Crippen LogP contribution in [0.3, 0.4) is 0 Å². The lowest BCUT2D eigenvalue weighted by molar-refractivity contribution is 0.0511. The Morgan fingerprint density at radius 2 is 0.781 bits per heavy atom. The van der Waals surface area contributed by atoms with Crippen LogP contribution in [0, 0.1) is 0 Å². The van der Waals surface area contributed by atoms with E-state index in [1.54, 1.807) is 0 Å². The molecule has 4 rings (SSSR count). The monoisotopic (exact) mass is 586 g/mol. The second-order valence-electron chi connectivity index (χ2n) is 8.26. The molecule has 4 N–H and O–H groups in total. The molecule has 200 valence electrons. The second kappa shape index (κ2) is 20.6. The van der Waals surface area contributed by atoms with Crippen molar-refractivity contribution >= 4 is 74.4 Å². The number of aliphatic hydroxyl groups excluding tert-OH is 2. The molecule has 8 nitrogen and oxygen atoms in total. The Balaban J connectivity index is -0.000000206. The first kappa shape index (κ1) is 40.6. The van der Waals surface area contributed by atoms with Crippen molar-refractivity contribution < 1.29 is 10.2 Å². The molecule has 4 aliphatic rings. The van der Waals surface area contributed by atoms with Crippen LogP contribution in [0.5, 0.6) is 0 Å². The van der Waals surface area contributed by atoms with E-state index in [1.807, 2.05) is 0 Å². The van der Waals surface area contributed by atoms with E-state index in [2.05, 4.69) is 44.3 Å². The van der Waals surface area contributed by atoms with Gasteiger partial charge in [0.25, 0.3) is 0 Å². The van der Waals surface area contributed by atoms with Gasteiger partial charge in [-0.2, -0.15) is 0 Å². The third kappa shape index (κ3) is 11.9. The number of halogens is 6. The van der Waals surface area contributed by atoms with E-state index in [-0.39, 0.29) is 86.7 Å². The first-order valence-corrected chi connectivity index (χ1v) is 10.2. The predicted molar refractivity (Wildman–Crippen MR) is 147 cm³/mol. The summed E-state index contributed by atoms with van der Waals surface area (Å²) in [5, 5.41) is 25.8. The molecule has 0 bridgehead atoms. The molecule has 0 aliphatic carbocycles. The van der Waals surface area contributed by atoms with Crippen molar-refractivity contribution in [2.45, 2.75) is 24.3 Å². The van der Waals surface area contributed by atoms with Gasteiger partial charge < -0.3 is 30.6 Å². The molecule has 4 fully saturated rings. The van der Waals surface area contributed by atoms with Crippen LogP contribution in [0.25, 0.3) is 0 Å². The van der Waals surface area contributed by atoms with Crippen molar-refractivity contribution in [1.82, 2.24) is 30.2 Å². The molecule has 4 heterocycles. The fourth-order valence-electron chi connectivity index (χ4n) is 4.35. The van der Waals surface area contributed by atoms with E-state index < -0.39 is 0 Å². The lowest BCUT2D eigenvalue weighted by Gasteiger charge is -2.37. The molecule has 0 aromatic heterocycles. The lowest BCUT2D eigenvalue weighted by Crippen LogP contribution is -2.52. The van der Waals surface area contributed by atoms with Gasteiger partial charge in [-0.05, 0) is 14.1 Å². The molecule has 0 aromatic carbocycles. The molecular weight excluding hydrogens is 545 g/mol. The standard InChI is InChI=1S/2C9H19N3O.6ClH/c2*1-11-2-4-12(5-3-11)8-6-10-7-9(8)13;;;;;;/h2*8-10,13H,2-7H2,1H3;6*1H/t2*8-,9-;;;;;;/m10....../s1. The number of β-amino-alcohol motifs (C(OH)–C–C–N with tert-alkyl or cyclic N) is 2. The van der Waals surface area contributed by atoms with Gasteiger partial charge in [0, 0.05) is 90.6 Å². The average molecular weight is 589 g/mol. The highest BCUT2D eigenvalue weighted by Crippen LogP contribution is 2.12. The Morgan fingerprint density at radius 3 is 1.00 bits per heavy atom. The highest BCUT2D eigenvalue weighted by molar-refractivity contribution is 5.86. The largest absolute Gasteiger partial charge is 0.390 e. The third-order valence-electron chi connectivity index (χ3n) is 6.32. The van der Waals surface area contributed by atoms with Crippen molar-refractivity contribution in [2.75, 3.05) is 92.6 Å². The SMILES string of the molecule is CN1CCN([C@@H]2CNC[C@H]2O)CC1.CN1CCN([C@H]2CNC[C@@H]2O)CC1.Cl.Cl.Cl.Cl.Cl.Cl. The summed E-state index contributed by atoms with van der Waals surface area (Å²) in [6.45, 7) is 12.3. The number of piperazine rings is 2. The molecule has 0 unspecified atom stereocenters. The zero-order valence-corrected chi connectivity index (χ0v) is 23.8. The molecular formula is C18H44Cl6N6O2. The number of rotatable bonds is 2. The van der Waals surface area contributed by atoms with Gasteiger partial charge in [0.15, 0.2) is 0 Å². The van der Waals surface area contributed by atoms with Crippen LogP contribution in [-0.2, 0) is 0 Å². The number of hydrogen-bond donors (Lipinski definition) is 4. The summed E-state index contributed by atoms with van der Waals surface area (Å²) < 4.78 is 0. The highest BCUT2D eigenvalue weighted by atomic mass is 35.5. The Labute approximate surface area is 231 Å². The summed E-state index contributed by atoms with van der Waals surface area (Å²) in [6.07, 6.45) is -0.327. The summed E-state index contributed by atoms with van der Waals surface area (Å²) in [5.74, 6) is 0. The number of nitrogens with zero attached hydrogens (tertiary/aromatic N) is 4. The van der Waals surface area contributed by atoms with Crippen LogP contribution in [-0.4, -0.2) is 147 Å². The van der Waals surface area contributed by atoms with Crippen LogP contribution in [0.2, 0.25) is 0 Å². The Kier molecular flexibility index (Phi) is 26.1. The molecule has 0 amide bonds. The van der Waals surface area contributed by atoms with Gasteiger partial charge in [0.05, 0.1) is 12.2 Å². The van der Waals surface area contributed by atoms with Gasteiger partial charge >= 0.3 is 0 Å². The van der Waals surface area contributed by atoms with E-state index in [4.69, 9.17) is 0 Å². The number of nitrogens with one attached hydrogen (secondary N) is 2. The fourth-order valence-corrected chi connectivity index (χ4v) is 4.35. The normalized spacial score (nSPS) is 31.1. The lowest BCUT2D eigenvalue weighted by atomic mass is 10.1. The van der Waals surface area contributed by atoms with Crippen LogP contribution >= 0.6 is 74.4 Å². The van der Waals surface area contributed by atoms with Crippen molar-refractivity contribution in [1.29, 1.82) is 0 Å². The summed E-state index contributed by atoms with van der Waals surface area (Å²) in [6, 6.07) is 0.711. The number of likely N-dealkylation sites (N-methyl/N-ethyl adjacent to an activating group) is 2. The van der Waals surface area contributed by atoms with Crippen LogP contribution in [0.15, 0.2) is 0 Å². The minimum absolute atomic E-state index is 0.